The molecular weight excluding hydrogens is 211 g/mol. The molecule has 0 aliphatic heterocycles. The fourth-order valence-corrected chi connectivity index (χ4v) is 1.79. The number of hydrogen-bond donors (Lipinski definition) is 0. The Labute approximate surface area is 93.3 Å². The number of hydrogen-bond acceptors (Lipinski definition) is 0. The van der Waals surface area contributed by atoms with Gasteiger partial charge in [-0.3, -0.25) is 0 Å². The molecule has 0 aromatic heterocycles. The maximum Gasteiger partial charge on any atom is 0.145 e. The molecule has 0 heterocycles. The summed E-state index contributed by atoms with van der Waals surface area (Å²) in [6.45, 7) is 1.74. The summed E-state index contributed by atoms with van der Waals surface area (Å²) in [5.74, 6) is -0.335. The Balaban J connectivity index is 2.60. The van der Waals surface area contributed by atoms with Gasteiger partial charge in [0.1, 0.15) is 5.82 Å². The normalized spacial score (nSPS) is 10.3. The highest BCUT2D eigenvalue weighted by molar-refractivity contribution is 6.30. The van der Waals surface area contributed by atoms with Crippen LogP contribution in [0.2, 0.25) is 5.02 Å². The lowest BCUT2D eigenvalue weighted by molar-refractivity contribution is 0.619. The van der Waals surface area contributed by atoms with Crippen LogP contribution in [0.25, 0.3) is 11.1 Å². The monoisotopic (exact) mass is 220 g/mol. The third kappa shape index (κ3) is 1.88. The van der Waals surface area contributed by atoms with Gasteiger partial charge in [-0.25, -0.2) is 4.39 Å². The molecule has 0 saturated carbocycles. The predicted molar refractivity (Wildman–Crippen MR) is 61.6 cm³/mol. The van der Waals surface area contributed by atoms with Gasteiger partial charge in [0.2, 0.25) is 0 Å². The molecule has 0 amide bonds. The minimum absolute atomic E-state index is 0.173. The van der Waals surface area contributed by atoms with Gasteiger partial charge in [-0.1, -0.05) is 48.0 Å². The second kappa shape index (κ2) is 4.03. The maximum absolute atomic E-state index is 13.5. The molecule has 0 unspecified atom stereocenters. The van der Waals surface area contributed by atoms with Crippen LogP contribution in [0.5, 0.6) is 0 Å². The largest absolute Gasteiger partial charge is 0.205 e. The van der Waals surface area contributed by atoms with E-state index in [9.17, 15) is 4.39 Å². The summed E-state index contributed by atoms with van der Waals surface area (Å²) in [7, 11) is 0. The first-order chi connectivity index (χ1) is 7.20. The molecule has 0 aliphatic carbocycles. The van der Waals surface area contributed by atoms with Crippen LogP contribution in [0.15, 0.2) is 42.5 Å². The lowest BCUT2D eigenvalue weighted by Crippen LogP contribution is -1.88. The zero-order valence-corrected chi connectivity index (χ0v) is 9.05. The number of halogens is 2. The van der Waals surface area contributed by atoms with Gasteiger partial charge in [-0.15, -0.1) is 0 Å². The summed E-state index contributed by atoms with van der Waals surface area (Å²) in [4.78, 5) is 0. The fourth-order valence-electron chi connectivity index (χ4n) is 1.58. The van der Waals surface area contributed by atoms with E-state index in [1.165, 1.54) is 0 Å². The molecule has 15 heavy (non-hydrogen) atoms. The van der Waals surface area contributed by atoms with Crippen molar-refractivity contribution in [2.45, 2.75) is 6.92 Å². The fraction of sp³-hybridized carbons (Fsp3) is 0.0769. The number of benzene rings is 2. The third-order valence-electron chi connectivity index (χ3n) is 2.42. The van der Waals surface area contributed by atoms with Crippen LogP contribution in [-0.2, 0) is 0 Å². The van der Waals surface area contributed by atoms with Crippen molar-refractivity contribution in [3.63, 3.8) is 0 Å². The quantitative estimate of drug-likeness (QED) is 0.666. The predicted octanol–water partition coefficient (Wildman–Crippen LogP) is 4.45. The van der Waals surface area contributed by atoms with Crippen molar-refractivity contribution in [3.8, 4) is 11.1 Å². The van der Waals surface area contributed by atoms with E-state index in [1.807, 2.05) is 36.4 Å². The first-order valence-electron chi connectivity index (χ1n) is 4.70. The molecular formula is C13H10ClF. The van der Waals surface area contributed by atoms with Crippen molar-refractivity contribution in [3.05, 3.63) is 58.9 Å². The SMILES string of the molecule is Cc1c(-c2ccccc2)ccc(Cl)c1F. The van der Waals surface area contributed by atoms with Crippen molar-refractivity contribution >= 4 is 11.6 Å². The van der Waals surface area contributed by atoms with Crippen molar-refractivity contribution in [2.24, 2.45) is 0 Å². The number of rotatable bonds is 1. The molecule has 0 fully saturated rings. The molecule has 0 spiro atoms. The van der Waals surface area contributed by atoms with E-state index >= 15 is 0 Å². The highest BCUT2D eigenvalue weighted by Crippen LogP contribution is 2.28. The van der Waals surface area contributed by atoms with E-state index in [4.69, 9.17) is 11.6 Å². The topological polar surface area (TPSA) is 0 Å². The molecule has 0 nitrogen and oxygen atoms in total. The summed E-state index contributed by atoms with van der Waals surface area (Å²) in [6.07, 6.45) is 0. The summed E-state index contributed by atoms with van der Waals surface area (Å²) in [6, 6.07) is 13.1. The Morgan fingerprint density at radius 2 is 1.67 bits per heavy atom. The smallest absolute Gasteiger partial charge is 0.145 e. The Morgan fingerprint density at radius 1 is 1.00 bits per heavy atom. The average Bonchev–Trinajstić information content (AvgIpc) is 2.27. The highest BCUT2D eigenvalue weighted by Gasteiger charge is 2.08. The van der Waals surface area contributed by atoms with Crippen LogP contribution in [0, 0.1) is 12.7 Å². The molecule has 76 valence electrons. The lowest BCUT2D eigenvalue weighted by Gasteiger charge is -2.07. The summed E-state index contributed by atoms with van der Waals surface area (Å²) in [5.41, 5.74) is 2.48. The van der Waals surface area contributed by atoms with E-state index in [0.29, 0.717) is 5.56 Å². The van der Waals surface area contributed by atoms with Gasteiger partial charge in [0.15, 0.2) is 0 Å². The molecule has 0 radical (unpaired) electrons. The van der Waals surface area contributed by atoms with E-state index in [1.54, 1.807) is 13.0 Å². The molecule has 0 bridgehead atoms. The van der Waals surface area contributed by atoms with Gasteiger partial charge in [0, 0.05) is 0 Å². The van der Waals surface area contributed by atoms with Gasteiger partial charge in [0.05, 0.1) is 5.02 Å². The van der Waals surface area contributed by atoms with Crippen LogP contribution < -0.4 is 0 Å². The zero-order chi connectivity index (χ0) is 10.8. The Bertz CT molecular complexity index is 477. The molecule has 2 rings (SSSR count). The Hall–Kier alpha value is -1.34. The van der Waals surface area contributed by atoms with Crippen molar-refractivity contribution in [2.75, 3.05) is 0 Å². The average molecular weight is 221 g/mol. The van der Waals surface area contributed by atoms with Crippen molar-refractivity contribution in [1.29, 1.82) is 0 Å². The zero-order valence-electron chi connectivity index (χ0n) is 8.30. The first-order valence-corrected chi connectivity index (χ1v) is 5.08. The van der Waals surface area contributed by atoms with Crippen LogP contribution in [0.3, 0.4) is 0 Å². The van der Waals surface area contributed by atoms with Crippen molar-refractivity contribution < 1.29 is 4.39 Å². The van der Waals surface area contributed by atoms with Gasteiger partial charge in [0.25, 0.3) is 0 Å². The summed E-state index contributed by atoms with van der Waals surface area (Å²) < 4.78 is 13.5. The van der Waals surface area contributed by atoms with E-state index in [0.717, 1.165) is 11.1 Å². The van der Waals surface area contributed by atoms with Crippen LogP contribution in [0.1, 0.15) is 5.56 Å². The second-order valence-corrected chi connectivity index (χ2v) is 3.81. The minimum Gasteiger partial charge on any atom is -0.205 e. The van der Waals surface area contributed by atoms with Gasteiger partial charge < -0.3 is 0 Å². The first kappa shape index (κ1) is 10.2. The molecule has 2 aromatic carbocycles. The van der Waals surface area contributed by atoms with Gasteiger partial charge >= 0.3 is 0 Å². The molecule has 0 N–H and O–H groups in total. The van der Waals surface area contributed by atoms with Crippen LogP contribution in [-0.4, -0.2) is 0 Å². The van der Waals surface area contributed by atoms with E-state index < -0.39 is 0 Å². The van der Waals surface area contributed by atoms with Crippen molar-refractivity contribution in [1.82, 2.24) is 0 Å². The Kier molecular flexibility index (Phi) is 2.74. The molecule has 0 aliphatic rings. The standard InChI is InChI=1S/C13H10ClF/c1-9-11(7-8-12(14)13(9)15)10-5-3-2-4-6-10/h2-8H,1H3. The maximum atomic E-state index is 13.5. The van der Waals surface area contributed by atoms with Crippen LogP contribution >= 0.6 is 11.6 Å². The molecule has 2 aromatic rings. The van der Waals surface area contributed by atoms with Gasteiger partial charge in [-0.05, 0) is 29.7 Å². The van der Waals surface area contributed by atoms with Crippen LogP contribution in [0.4, 0.5) is 4.39 Å². The highest BCUT2D eigenvalue weighted by atomic mass is 35.5. The molecule has 2 heteroatoms. The van der Waals surface area contributed by atoms with Gasteiger partial charge in [-0.2, -0.15) is 0 Å². The molecule has 0 atom stereocenters. The second-order valence-electron chi connectivity index (χ2n) is 3.40. The lowest BCUT2D eigenvalue weighted by atomic mass is 10.0. The molecule has 0 saturated heterocycles. The third-order valence-corrected chi connectivity index (χ3v) is 2.72. The van der Waals surface area contributed by atoms with E-state index in [-0.39, 0.29) is 10.8 Å². The minimum atomic E-state index is -0.335. The summed E-state index contributed by atoms with van der Waals surface area (Å²) in [5, 5.41) is 0.173. The van der Waals surface area contributed by atoms with E-state index in [2.05, 4.69) is 0 Å². The summed E-state index contributed by atoms with van der Waals surface area (Å²) >= 11 is 5.70. The Morgan fingerprint density at radius 3 is 2.33 bits per heavy atom.